The molecule has 0 N–H and O–H groups in total. The van der Waals surface area contributed by atoms with E-state index < -0.39 is 0 Å². The van der Waals surface area contributed by atoms with Crippen molar-refractivity contribution in [3.05, 3.63) is 52.0 Å². The van der Waals surface area contributed by atoms with Crippen LogP contribution in [0.5, 0.6) is 0 Å². The lowest BCUT2D eigenvalue weighted by atomic mass is 10.2. The molecule has 0 saturated heterocycles. The highest BCUT2D eigenvalue weighted by Gasteiger charge is 2.11. The van der Waals surface area contributed by atoms with Gasteiger partial charge in [-0.3, -0.25) is 0 Å². The molecule has 1 heterocycles. The fourth-order valence-electron chi connectivity index (χ4n) is 1.71. The summed E-state index contributed by atoms with van der Waals surface area (Å²) in [7, 11) is 0. The predicted molar refractivity (Wildman–Crippen MR) is 76.5 cm³/mol. The number of thiazole rings is 1. The lowest BCUT2D eigenvalue weighted by Gasteiger charge is -2.02. The van der Waals surface area contributed by atoms with Gasteiger partial charge in [0.2, 0.25) is 0 Å². The van der Waals surface area contributed by atoms with Gasteiger partial charge in [0.1, 0.15) is 4.88 Å². The molecule has 0 aliphatic carbocycles. The third-order valence-electron chi connectivity index (χ3n) is 2.69. The van der Waals surface area contributed by atoms with Crippen molar-refractivity contribution in [3.8, 4) is 0 Å². The summed E-state index contributed by atoms with van der Waals surface area (Å²) in [5, 5.41) is 0.998. The van der Waals surface area contributed by atoms with Gasteiger partial charge in [0.25, 0.3) is 0 Å². The highest BCUT2D eigenvalue weighted by molar-refractivity contribution is 7.13. The maximum atomic E-state index is 11.8. The number of rotatable bonds is 6. The molecule has 2 rings (SSSR count). The summed E-state index contributed by atoms with van der Waals surface area (Å²) in [6.45, 7) is 2.50. The van der Waals surface area contributed by atoms with Crippen molar-refractivity contribution in [2.24, 2.45) is 0 Å². The van der Waals surface area contributed by atoms with Crippen molar-refractivity contribution >= 4 is 17.3 Å². The molecule has 0 aliphatic rings. The smallest absolute Gasteiger partial charge is 0.349 e. The maximum Gasteiger partial charge on any atom is 0.349 e. The van der Waals surface area contributed by atoms with Crippen LogP contribution in [-0.2, 0) is 17.6 Å². The van der Waals surface area contributed by atoms with Gasteiger partial charge < -0.3 is 4.74 Å². The fourth-order valence-corrected chi connectivity index (χ4v) is 2.62. The summed E-state index contributed by atoms with van der Waals surface area (Å²) in [5.41, 5.74) is 1.17. The molecule has 0 spiro atoms. The number of nitrogens with zero attached hydrogens (tertiary/aromatic N) is 1. The number of esters is 1. The molecule has 2 aromatic rings. The van der Waals surface area contributed by atoms with Crippen molar-refractivity contribution < 1.29 is 9.53 Å². The minimum Gasteiger partial charge on any atom is -0.461 e. The Morgan fingerprint density at radius 2 is 2.05 bits per heavy atom. The predicted octanol–water partition coefficient (Wildman–Crippen LogP) is 3.50. The van der Waals surface area contributed by atoms with E-state index in [4.69, 9.17) is 4.74 Å². The molecule has 0 aliphatic heterocycles. The van der Waals surface area contributed by atoms with E-state index in [0.717, 1.165) is 24.3 Å². The normalized spacial score (nSPS) is 10.4. The summed E-state index contributed by atoms with van der Waals surface area (Å²) in [4.78, 5) is 16.6. The van der Waals surface area contributed by atoms with Crippen LogP contribution in [0.15, 0.2) is 36.5 Å². The van der Waals surface area contributed by atoms with Gasteiger partial charge >= 0.3 is 5.97 Å². The summed E-state index contributed by atoms with van der Waals surface area (Å²) in [5.74, 6) is -0.268. The Bertz CT molecular complexity index is 522. The first kappa shape index (κ1) is 13.7. The quantitative estimate of drug-likeness (QED) is 0.757. The molecule has 0 fully saturated rings. The molecule has 19 heavy (non-hydrogen) atoms. The second kappa shape index (κ2) is 7.04. The van der Waals surface area contributed by atoms with Gasteiger partial charge in [-0.05, 0) is 18.4 Å². The third kappa shape index (κ3) is 4.17. The molecule has 0 unspecified atom stereocenters. The molecule has 0 radical (unpaired) electrons. The monoisotopic (exact) mass is 275 g/mol. The number of hydrogen-bond acceptors (Lipinski definition) is 4. The highest BCUT2D eigenvalue weighted by Crippen LogP contribution is 2.15. The van der Waals surface area contributed by atoms with E-state index in [1.807, 2.05) is 30.3 Å². The summed E-state index contributed by atoms with van der Waals surface area (Å²) >= 11 is 1.43. The number of hydrogen-bond donors (Lipinski definition) is 0. The Labute approximate surface area is 117 Å². The molecule has 4 heteroatoms. The second-order valence-corrected chi connectivity index (χ2v) is 5.35. The summed E-state index contributed by atoms with van der Waals surface area (Å²) < 4.78 is 5.25. The van der Waals surface area contributed by atoms with Gasteiger partial charge in [-0.25, -0.2) is 9.78 Å². The lowest BCUT2D eigenvalue weighted by Crippen LogP contribution is -2.06. The number of carbonyl (C=O) groups excluding carboxylic acids is 1. The summed E-state index contributed by atoms with van der Waals surface area (Å²) in [6.07, 6.45) is 4.31. The molecule has 0 saturated carbocycles. The first-order chi connectivity index (χ1) is 9.29. The average molecular weight is 275 g/mol. The molecule has 1 aromatic carbocycles. The Balaban J connectivity index is 1.80. The number of ether oxygens (including phenoxy) is 1. The minimum atomic E-state index is -0.268. The lowest BCUT2D eigenvalue weighted by molar-refractivity contribution is 0.0515. The number of carbonyl (C=O) groups is 1. The van der Waals surface area contributed by atoms with Gasteiger partial charge in [-0.2, -0.15) is 0 Å². The van der Waals surface area contributed by atoms with E-state index in [9.17, 15) is 4.79 Å². The Morgan fingerprint density at radius 1 is 1.26 bits per heavy atom. The Morgan fingerprint density at radius 3 is 2.79 bits per heavy atom. The summed E-state index contributed by atoms with van der Waals surface area (Å²) in [6, 6.07) is 10.00. The zero-order valence-corrected chi connectivity index (χ0v) is 11.8. The topological polar surface area (TPSA) is 39.2 Å². The van der Waals surface area contributed by atoms with E-state index in [0.29, 0.717) is 11.5 Å². The van der Waals surface area contributed by atoms with Gasteiger partial charge in [-0.1, -0.05) is 37.3 Å². The fraction of sp³-hybridized carbons (Fsp3) is 0.333. The number of benzene rings is 1. The number of aromatic nitrogens is 1. The van der Waals surface area contributed by atoms with Crippen LogP contribution in [0.3, 0.4) is 0 Å². The van der Waals surface area contributed by atoms with Crippen LogP contribution >= 0.6 is 11.3 Å². The molecule has 1 aromatic heterocycles. The van der Waals surface area contributed by atoms with E-state index >= 15 is 0 Å². The molecule has 3 nitrogen and oxygen atoms in total. The van der Waals surface area contributed by atoms with Crippen molar-refractivity contribution in [2.75, 3.05) is 6.61 Å². The van der Waals surface area contributed by atoms with Crippen molar-refractivity contribution in [2.45, 2.75) is 26.2 Å². The standard InChI is InChI=1S/C15H17NO2S/c1-2-6-14-16-11-13(19-14)15(17)18-10-9-12-7-4-3-5-8-12/h3-5,7-8,11H,2,6,9-10H2,1H3. The van der Waals surface area contributed by atoms with Crippen LogP contribution in [0.25, 0.3) is 0 Å². The van der Waals surface area contributed by atoms with Gasteiger partial charge in [-0.15, -0.1) is 11.3 Å². The maximum absolute atomic E-state index is 11.8. The van der Waals surface area contributed by atoms with Crippen LogP contribution in [0.4, 0.5) is 0 Å². The van der Waals surface area contributed by atoms with Crippen molar-refractivity contribution in [1.82, 2.24) is 4.98 Å². The molecule has 0 atom stereocenters. The number of aryl methyl sites for hydroxylation is 1. The second-order valence-electron chi connectivity index (χ2n) is 4.24. The van der Waals surface area contributed by atoms with E-state index in [1.165, 1.54) is 16.9 Å². The third-order valence-corrected chi connectivity index (χ3v) is 3.72. The average Bonchev–Trinajstić information content (AvgIpc) is 2.89. The SMILES string of the molecule is CCCc1ncc(C(=O)OCCc2ccccc2)s1. The van der Waals surface area contributed by atoms with Gasteiger partial charge in [0.05, 0.1) is 17.8 Å². The first-order valence-electron chi connectivity index (χ1n) is 6.45. The Hall–Kier alpha value is -1.68. The van der Waals surface area contributed by atoms with E-state index in [-0.39, 0.29) is 5.97 Å². The largest absolute Gasteiger partial charge is 0.461 e. The van der Waals surface area contributed by atoms with Crippen molar-refractivity contribution in [1.29, 1.82) is 0 Å². The minimum absolute atomic E-state index is 0.268. The van der Waals surface area contributed by atoms with Crippen LogP contribution in [0, 0.1) is 0 Å². The zero-order chi connectivity index (χ0) is 13.5. The van der Waals surface area contributed by atoms with Crippen molar-refractivity contribution in [3.63, 3.8) is 0 Å². The molecular weight excluding hydrogens is 258 g/mol. The van der Waals surface area contributed by atoms with Gasteiger partial charge in [0, 0.05) is 6.42 Å². The van der Waals surface area contributed by atoms with Crippen LogP contribution in [-0.4, -0.2) is 17.6 Å². The first-order valence-corrected chi connectivity index (χ1v) is 7.27. The van der Waals surface area contributed by atoms with Crippen LogP contribution in [0.2, 0.25) is 0 Å². The molecule has 0 bridgehead atoms. The van der Waals surface area contributed by atoms with Crippen LogP contribution in [0.1, 0.15) is 33.6 Å². The highest BCUT2D eigenvalue weighted by atomic mass is 32.1. The van der Waals surface area contributed by atoms with E-state index in [2.05, 4.69) is 11.9 Å². The van der Waals surface area contributed by atoms with Crippen LogP contribution < -0.4 is 0 Å². The molecular formula is C15H17NO2S. The molecule has 100 valence electrons. The zero-order valence-electron chi connectivity index (χ0n) is 11.0. The van der Waals surface area contributed by atoms with Gasteiger partial charge in [0.15, 0.2) is 0 Å². The van der Waals surface area contributed by atoms with E-state index in [1.54, 1.807) is 6.20 Å². The molecule has 0 amide bonds. The Kier molecular flexibility index (Phi) is 5.10.